The first kappa shape index (κ1) is 8.98. The third kappa shape index (κ3) is 2.44. The number of hydrogen-bond acceptors (Lipinski definition) is 1. The molecule has 0 amide bonds. The molecule has 0 aliphatic heterocycles. The minimum absolute atomic E-state index is 0.610. The van der Waals surface area contributed by atoms with Crippen LogP contribution in [0.5, 0.6) is 0 Å². The van der Waals surface area contributed by atoms with Gasteiger partial charge in [-0.15, -0.1) is 0 Å². The Morgan fingerprint density at radius 1 is 1.27 bits per heavy atom. The van der Waals surface area contributed by atoms with Gasteiger partial charge >= 0.3 is 0 Å². The van der Waals surface area contributed by atoms with Crippen molar-refractivity contribution >= 4 is 0 Å². The normalized spacial score (nSPS) is 39.5. The number of nitrogens with zero attached hydrogens (tertiary/aromatic N) is 1. The van der Waals surface area contributed by atoms with Crippen molar-refractivity contribution in [2.24, 2.45) is 0 Å². The summed E-state index contributed by atoms with van der Waals surface area (Å²) in [6.07, 6.45) is 3.49. The molecule has 1 fully saturated rings. The van der Waals surface area contributed by atoms with Gasteiger partial charge in [0.15, 0.2) is 0 Å². The third-order valence-corrected chi connectivity index (χ3v) is 2.73. The van der Waals surface area contributed by atoms with E-state index in [1.54, 1.807) is 6.92 Å². The molecule has 0 atom stereocenters. The Balaban J connectivity index is 2.36. The van der Waals surface area contributed by atoms with Gasteiger partial charge in [0.1, 0.15) is 5.67 Å². The average molecular weight is 159 g/mol. The SMILES string of the molecule is CN(C)C1CCC(C)(F)CC1. The molecule has 0 radical (unpaired) electrons. The van der Waals surface area contributed by atoms with Gasteiger partial charge in [-0.1, -0.05) is 0 Å². The fourth-order valence-corrected chi connectivity index (χ4v) is 1.72. The van der Waals surface area contributed by atoms with Crippen molar-refractivity contribution in [3.8, 4) is 0 Å². The van der Waals surface area contributed by atoms with Crippen LogP contribution < -0.4 is 0 Å². The molecule has 1 saturated carbocycles. The van der Waals surface area contributed by atoms with E-state index in [0.29, 0.717) is 6.04 Å². The van der Waals surface area contributed by atoms with E-state index in [9.17, 15) is 4.39 Å². The summed E-state index contributed by atoms with van der Waals surface area (Å²) in [6.45, 7) is 1.72. The highest BCUT2D eigenvalue weighted by Crippen LogP contribution is 2.32. The van der Waals surface area contributed by atoms with Crippen LogP contribution in [0.4, 0.5) is 4.39 Å². The summed E-state index contributed by atoms with van der Waals surface area (Å²) < 4.78 is 13.3. The molecule has 0 N–H and O–H groups in total. The molecule has 1 rings (SSSR count). The topological polar surface area (TPSA) is 3.24 Å². The summed E-state index contributed by atoms with van der Waals surface area (Å²) in [7, 11) is 4.15. The second kappa shape index (κ2) is 3.10. The molecule has 2 heteroatoms. The molecule has 1 aliphatic rings. The van der Waals surface area contributed by atoms with Crippen LogP contribution in [0, 0.1) is 0 Å². The monoisotopic (exact) mass is 159 g/mol. The fourth-order valence-electron chi connectivity index (χ4n) is 1.72. The fraction of sp³-hybridized carbons (Fsp3) is 1.00. The molecule has 11 heavy (non-hydrogen) atoms. The van der Waals surface area contributed by atoms with E-state index in [-0.39, 0.29) is 0 Å². The van der Waals surface area contributed by atoms with Crippen LogP contribution in [0.25, 0.3) is 0 Å². The van der Waals surface area contributed by atoms with Crippen molar-refractivity contribution < 1.29 is 4.39 Å². The van der Waals surface area contributed by atoms with Crippen molar-refractivity contribution in [3.05, 3.63) is 0 Å². The van der Waals surface area contributed by atoms with Crippen LogP contribution in [0.2, 0.25) is 0 Å². The van der Waals surface area contributed by atoms with Gasteiger partial charge in [0.2, 0.25) is 0 Å². The standard InChI is InChI=1S/C9H18FN/c1-9(10)6-4-8(5-7-9)11(2)3/h8H,4-7H2,1-3H3. The lowest BCUT2D eigenvalue weighted by atomic mass is 9.84. The van der Waals surface area contributed by atoms with Gasteiger partial charge in [0.05, 0.1) is 0 Å². The van der Waals surface area contributed by atoms with Gasteiger partial charge in [0, 0.05) is 6.04 Å². The Kier molecular flexibility index (Phi) is 2.53. The summed E-state index contributed by atoms with van der Waals surface area (Å²) in [6, 6.07) is 0.610. The molecule has 0 aromatic carbocycles. The van der Waals surface area contributed by atoms with Crippen LogP contribution in [0.15, 0.2) is 0 Å². The maximum Gasteiger partial charge on any atom is 0.108 e. The highest BCUT2D eigenvalue weighted by atomic mass is 19.1. The van der Waals surface area contributed by atoms with Crippen LogP contribution in [0.3, 0.4) is 0 Å². The van der Waals surface area contributed by atoms with Crippen molar-refractivity contribution in [2.45, 2.75) is 44.3 Å². The molecule has 0 aromatic rings. The number of hydrogen-bond donors (Lipinski definition) is 0. The predicted molar refractivity (Wildman–Crippen MR) is 45.5 cm³/mol. The Morgan fingerprint density at radius 2 is 1.73 bits per heavy atom. The van der Waals surface area contributed by atoms with Crippen LogP contribution >= 0.6 is 0 Å². The van der Waals surface area contributed by atoms with Gasteiger partial charge in [-0.3, -0.25) is 0 Å². The molecule has 0 unspecified atom stereocenters. The molecule has 1 nitrogen and oxygen atoms in total. The summed E-state index contributed by atoms with van der Waals surface area (Å²) in [5.41, 5.74) is -0.882. The smallest absolute Gasteiger partial charge is 0.108 e. The van der Waals surface area contributed by atoms with Crippen LogP contribution in [-0.2, 0) is 0 Å². The lowest BCUT2D eigenvalue weighted by Gasteiger charge is -2.34. The van der Waals surface area contributed by atoms with Gasteiger partial charge in [-0.05, 0) is 46.7 Å². The lowest BCUT2D eigenvalue weighted by Crippen LogP contribution is -2.36. The molecule has 0 saturated heterocycles. The molecule has 0 bridgehead atoms. The first-order valence-electron chi connectivity index (χ1n) is 4.37. The van der Waals surface area contributed by atoms with E-state index in [0.717, 1.165) is 25.7 Å². The average Bonchev–Trinajstić information content (AvgIpc) is 1.86. The van der Waals surface area contributed by atoms with E-state index in [4.69, 9.17) is 0 Å². The maximum absolute atomic E-state index is 13.3. The van der Waals surface area contributed by atoms with Crippen LogP contribution in [-0.4, -0.2) is 30.7 Å². The Labute approximate surface area is 68.6 Å². The van der Waals surface area contributed by atoms with Crippen molar-refractivity contribution in [3.63, 3.8) is 0 Å². The number of halogens is 1. The first-order valence-corrected chi connectivity index (χ1v) is 4.37. The highest BCUT2D eigenvalue weighted by Gasteiger charge is 2.31. The van der Waals surface area contributed by atoms with Gasteiger partial charge in [0.25, 0.3) is 0 Å². The highest BCUT2D eigenvalue weighted by molar-refractivity contribution is 4.84. The predicted octanol–water partition coefficient (Wildman–Crippen LogP) is 2.22. The zero-order valence-corrected chi connectivity index (χ0v) is 7.73. The van der Waals surface area contributed by atoms with Gasteiger partial charge in [-0.25, -0.2) is 4.39 Å². The molecule has 66 valence electrons. The second-order valence-corrected chi connectivity index (χ2v) is 4.11. The summed E-state index contributed by atoms with van der Waals surface area (Å²) in [5.74, 6) is 0. The summed E-state index contributed by atoms with van der Waals surface area (Å²) in [4.78, 5) is 2.20. The Hall–Kier alpha value is -0.110. The first-order chi connectivity index (χ1) is 5.01. The number of rotatable bonds is 1. The third-order valence-electron chi connectivity index (χ3n) is 2.73. The van der Waals surface area contributed by atoms with E-state index >= 15 is 0 Å². The molecule has 0 aromatic heterocycles. The van der Waals surface area contributed by atoms with E-state index in [2.05, 4.69) is 19.0 Å². The van der Waals surface area contributed by atoms with Crippen molar-refractivity contribution in [2.75, 3.05) is 14.1 Å². The molecular weight excluding hydrogens is 141 g/mol. The molecule has 1 aliphatic carbocycles. The van der Waals surface area contributed by atoms with Gasteiger partial charge in [-0.2, -0.15) is 0 Å². The molecule has 0 heterocycles. The van der Waals surface area contributed by atoms with Crippen molar-refractivity contribution in [1.82, 2.24) is 4.90 Å². The van der Waals surface area contributed by atoms with Crippen LogP contribution in [0.1, 0.15) is 32.6 Å². The quantitative estimate of drug-likeness (QED) is 0.567. The van der Waals surface area contributed by atoms with E-state index < -0.39 is 5.67 Å². The zero-order chi connectivity index (χ0) is 8.48. The largest absolute Gasteiger partial charge is 0.306 e. The Morgan fingerprint density at radius 3 is 2.09 bits per heavy atom. The molecule has 0 spiro atoms. The van der Waals surface area contributed by atoms with E-state index in [1.165, 1.54) is 0 Å². The minimum Gasteiger partial charge on any atom is -0.306 e. The molecular formula is C9H18FN. The maximum atomic E-state index is 13.3. The Bertz CT molecular complexity index is 122. The zero-order valence-electron chi connectivity index (χ0n) is 7.73. The number of alkyl halides is 1. The van der Waals surface area contributed by atoms with Gasteiger partial charge < -0.3 is 4.90 Å². The van der Waals surface area contributed by atoms with E-state index in [1.807, 2.05) is 0 Å². The van der Waals surface area contributed by atoms with Crippen molar-refractivity contribution in [1.29, 1.82) is 0 Å². The lowest BCUT2D eigenvalue weighted by molar-refractivity contribution is 0.0855. The minimum atomic E-state index is -0.882. The second-order valence-electron chi connectivity index (χ2n) is 4.11. The summed E-state index contributed by atoms with van der Waals surface area (Å²) in [5, 5.41) is 0. The summed E-state index contributed by atoms with van der Waals surface area (Å²) >= 11 is 0.